The van der Waals surface area contributed by atoms with E-state index in [0.29, 0.717) is 16.5 Å². The maximum atomic E-state index is 6.21. The number of benzene rings is 2. The van der Waals surface area contributed by atoms with Crippen LogP contribution in [0.4, 0.5) is 0 Å². The molecule has 4 aromatic rings. The summed E-state index contributed by atoms with van der Waals surface area (Å²) in [7, 11) is 0. The van der Waals surface area contributed by atoms with Gasteiger partial charge in [0, 0.05) is 40.0 Å². The molecule has 4 rings (SSSR count). The minimum absolute atomic E-state index is 0.588. The van der Waals surface area contributed by atoms with Crippen LogP contribution in [-0.2, 0) is 6.42 Å². The summed E-state index contributed by atoms with van der Waals surface area (Å²) < 4.78 is 0. The van der Waals surface area contributed by atoms with E-state index in [2.05, 4.69) is 22.1 Å². The van der Waals surface area contributed by atoms with Crippen LogP contribution in [-0.4, -0.2) is 15.0 Å². The van der Waals surface area contributed by atoms with Crippen LogP contribution in [0.5, 0.6) is 0 Å². The smallest absolute Gasteiger partial charge is 0.111 e. The molecule has 0 spiro atoms. The molecule has 5 heteroatoms. The second-order valence-corrected chi connectivity index (χ2v) is 6.84. The number of H-pyrrole nitrogens is 1. The van der Waals surface area contributed by atoms with E-state index >= 15 is 0 Å². The topological polar surface area (TPSA) is 41.6 Å². The van der Waals surface area contributed by atoms with Crippen molar-refractivity contribution in [3.63, 3.8) is 0 Å². The van der Waals surface area contributed by atoms with E-state index in [9.17, 15) is 0 Å². The molecular formula is C21H15Cl2N3. The lowest BCUT2D eigenvalue weighted by atomic mass is 10.1. The van der Waals surface area contributed by atoms with E-state index < -0.39 is 0 Å². The van der Waals surface area contributed by atoms with Gasteiger partial charge in [-0.2, -0.15) is 0 Å². The standard InChI is InChI=1S/C21H15Cl2N3/c22-17-11-16(12-18(23)13-17)21-20(15-4-2-1-3-5-15)25-19(26-21)10-14-6-8-24-9-7-14/h1-9,11-13H,10H2,(H,25,26). The molecule has 0 aliphatic heterocycles. The molecule has 0 bridgehead atoms. The highest BCUT2D eigenvalue weighted by Gasteiger charge is 2.15. The summed E-state index contributed by atoms with van der Waals surface area (Å²) >= 11 is 12.4. The van der Waals surface area contributed by atoms with Crippen LogP contribution >= 0.6 is 23.2 Å². The number of hydrogen-bond acceptors (Lipinski definition) is 2. The predicted octanol–water partition coefficient (Wildman–Crippen LogP) is 6.04. The third kappa shape index (κ3) is 3.64. The first kappa shape index (κ1) is 16.8. The Balaban J connectivity index is 1.83. The molecule has 2 aromatic heterocycles. The maximum Gasteiger partial charge on any atom is 0.111 e. The van der Waals surface area contributed by atoms with E-state index in [1.807, 2.05) is 42.5 Å². The normalized spacial score (nSPS) is 10.8. The van der Waals surface area contributed by atoms with E-state index in [1.54, 1.807) is 18.5 Å². The van der Waals surface area contributed by atoms with Crippen LogP contribution in [0, 0.1) is 0 Å². The summed E-state index contributed by atoms with van der Waals surface area (Å²) in [6.45, 7) is 0. The van der Waals surface area contributed by atoms with Gasteiger partial charge in [-0.3, -0.25) is 4.98 Å². The van der Waals surface area contributed by atoms with E-state index in [4.69, 9.17) is 28.2 Å². The fourth-order valence-corrected chi connectivity index (χ4v) is 3.44. The molecule has 0 amide bonds. The minimum atomic E-state index is 0.588. The summed E-state index contributed by atoms with van der Waals surface area (Å²) in [5.74, 6) is 0.876. The van der Waals surface area contributed by atoms with Gasteiger partial charge in [-0.05, 0) is 35.9 Å². The van der Waals surface area contributed by atoms with Crippen molar-refractivity contribution in [2.45, 2.75) is 6.42 Å². The van der Waals surface area contributed by atoms with E-state index in [0.717, 1.165) is 33.9 Å². The van der Waals surface area contributed by atoms with Gasteiger partial charge in [0.2, 0.25) is 0 Å². The summed E-state index contributed by atoms with van der Waals surface area (Å²) in [6, 6.07) is 19.6. The fraction of sp³-hybridized carbons (Fsp3) is 0.0476. The summed E-state index contributed by atoms with van der Waals surface area (Å²) in [5, 5.41) is 1.18. The van der Waals surface area contributed by atoms with Gasteiger partial charge in [0.05, 0.1) is 11.4 Å². The Morgan fingerprint density at radius 1 is 0.808 bits per heavy atom. The molecule has 2 aromatic carbocycles. The highest BCUT2D eigenvalue weighted by molar-refractivity contribution is 6.35. The van der Waals surface area contributed by atoms with Gasteiger partial charge in [-0.25, -0.2) is 4.98 Å². The van der Waals surface area contributed by atoms with Crippen LogP contribution in [0.25, 0.3) is 22.5 Å². The molecule has 0 unspecified atom stereocenters. The van der Waals surface area contributed by atoms with Gasteiger partial charge in [-0.1, -0.05) is 53.5 Å². The Bertz CT molecular complexity index is 1010. The fourth-order valence-electron chi connectivity index (χ4n) is 2.91. The Morgan fingerprint density at radius 2 is 1.50 bits per heavy atom. The highest BCUT2D eigenvalue weighted by Crippen LogP contribution is 2.33. The Morgan fingerprint density at radius 3 is 2.19 bits per heavy atom. The number of nitrogens with zero attached hydrogens (tertiary/aromatic N) is 2. The molecule has 1 N–H and O–H groups in total. The first-order chi connectivity index (χ1) is 12.7. The largest absolute Gasteiger partial charge is 0.341 e. The number of aromatic amines is 1. The second kappa shape index (κ2) is 7.32. The molecule has 0 saturated carbocycles. The first-order valence-electron chi connectivity index (χ1n) is 8.19. The number of aromatic nitrogens is 3. The van der Waals surface area contributed by atoms with Crippen molar-refractivity contribution in [2.24, 2.45) is 0 Å². The first-order valence-corrected chi connectivity index (χ1v) is 8.94. The molecule has 0 atom stereocenters. The lowest BCUT2D eigenvalue weighted by Gasteiger charge is -2.04. The van der Waals surface area contributed by atoms with Gasteiger partial charge in [0.15, 0.2) is 0 Å². The van der Waals surface area contributed by atoms with Crippen LogP contribution in [0.15, 0.2) is 73.1 Å². The lowest BCUT2D eigenvalue weighted by molar-refractivity contribution is 1.02. The van der Waals surface area contributed by atoms with Gasteiger partial charge in [0.1, 0.15) is 5.82 Å². The molecular weight excluding hydrogens is 365 g/mol. The number of rotatable bonds is 4. The van der Waals surface area contributed by atoms with Gasteiger partial charge in [-0.15, -0.1) is 0 Å². The van der Waals surface area contributed by atoms with Crippen molar-refractivity contribution >= 4 is 23.2 Å². The Labute approximate surface area is 161 Å². The predicted molar refractivity (Wildman–Crippen MR) is 107 cm³/mol. The molecule has 0 fully saturated rings. The van der Waals surface area contributed by atoms with E-state index in [-0.39, 0.29) is 0 Å². The van der Waals surface area contributed by atoms with Crippen molar-refractivity contribution in [3.8, 4) is 22.5 Å². The van der Waals surface area contributed by atoms with E-state index in [1.165, 1.54) is 0 Å². The summed E-state index contributed by atoms with van der Waals surface area (Å²) in [6.07, 6.45) is 4.26. The van der Waals surface area contributed by atoms with Gasteiger partial charge >= 0.3 is 0 Å². The highest BCUT2D eigenvalue weighted by atomic mass is 35.5. The molecule has 26 heavy (non-hydrogen) atoms. The third-order valence-electron chi connectivity index (χ3n) is 4.07. The third-order valence-corrected chi connectivity index (χ3v) is 4.51. The zero-order chi connectivity index (χ0) is 17.9. The maximum absolute atomic E-state index is 6.21. The number of nitrogens with one attached hydrogen (secondary N) is 1. The van der Waals surface area contributed by atoms with Crippen molar-refractivity contribution in [2.75, 3.05) is 0 Å². The quantitative estimate of drug-likeness (QED) is 0.469. The van der Waals surface area contributed by atoms with Crippen molar-refractivity contribution in [3.05, 3.63) is 94.5 Å². The second-order valence-electron chi connectivity index (χ2n) is 5.96. The van der Waals surface area contributed by atoms with Crippen LogP contribution in [0.3, 0.4) is 0 Å². The summed E-state index contributed by atoms with van der Waals surface area (Å²) in [4.78, 5) is 12.4. The molecule has 0 aliphatic carbocycles. The molecule has 128 valence electrons. The van der Waals surface area contributed by atoms with Crippen molar-refractivity contribution in [1.29, 1.82) is 0 Å². The van der Waals surface area contributed by atoms with Gasteiger partial charge in [0.25, 0.3) is 0 Å². The number of halogens is 2. The molecule has 2 heterocycles. The van der Waals surface area contributed by atoms with Gasteiger partial charge < -0.3 is 4.98 Å². The number of imidazole rings is 1. The average molecular weight is 380 g/mol. The zero-order valence-corrected chi connectivity index (χ0v) is 15.3. The SMILES string of the molecule is Clc1cc(Cl)cc(-c2nc(Cc3ccncc3)[nH]c2-c2ccccc2)c1. The monoisotopic (exact) mass is 379 g/mol. The van der Waals surface area contributed by atoms with Crippen LogP contribution < -0.4 is 0 Å². The number of hydrogen-bond donors (Lipinski definition) is 1. The molecule has 0 saturated heterocycles. The van der Waals surface area contributed by atoms with Crippen LogP contribution in [0.2, 0.25) is 10.0 Å². The van der Waals surface area contributed by atoms with Crippen molar-refractivity contribution in [1.82, 2.24) is 15.0 Å². The Kier molecular flexibility index (Phi) is 4.74. The number of pyridine rings is 1. The summed E-state index contributed by atoms with van der Waals surface area (Å²) in [5.41, 5.74) is 4.88. The Hall–Kier alpha value is -2.62. The molecule has 0 radical (unpaired) electrons. The minimum Gasteiger partial charge on any atom is -0.341 e. The molecule has 0 aliphatic rings. The lowest BCUT2D eigenvalue weighted by Crippen LogP contribution is -1.91. The molecule has 3 nitrogen and oxygen atoms in total. The average Bonchev–Trinajstić information content (AvgIpc) is 3.06. The zero-order valence-electron chi connectivity index (χ0n) is 13.8. The van der Waals surface area contributed by atoms with Crippen molar-refractivity contribution < 1.29 is 0 Å². The van der Waals surface area contributed by atoms with Crippen LogP contribution in [0.1, 0.15) is 11.4 Å².